The molecule has 0 bridgehead atoms. The molecule has 74 valence electrons. The second-order valence-electron chi connectivity index (χ2n) is 2.48. The van der Waals surface area contributed by atoms with Crippen LogP contribution in [0.2, 0.25) is 0 Å². The fraction of sp³-hybridized carbons (Fsp3) is 0.111. The Morgan fingerprint density at radius 3 is 2.43 bits per heavy atom. The molecule has 0 saturated carbocycles. The van der Waals surface area contributed by atoms with Gasteiger partial charge in [-0.25, -0.2) is 4.52 Å². The van der Waals surface area contributed by atoms with Gasteiger partial charge in [-0.15, -0.1) is 4.89 Å². The summed E-state index contributed by atoms with van der Waals surface area (Å²) in [5, 5.41) is 0. The Morgan fingerprint density at radius 2 is 2.00 bits per heavy atom. The highest BCUT2D eigenvalue weighted by Crippen LogP contribution is 2.27. The maximum Gasteiger partial charge on any atom is 0.747 e. The van der Waals surface area contributed by atoms with E-state index in [0.717, 1.165) is 0 Å². The van der Waals surface area contributed by atoms with Crippen molar-refractivity contribution in [2.24, 2.45) is 0 Å². The van der Waals surface area contributed by atoms with Gasteiger partial charge in [0.2, 0.25) is 0 Å². The Labute approximate surface area is 82.7 Å². The number of methoxy groups -OCH3 is 1. The van der Waals surface area contributed by atoms with E-state index in [9.17, 15) is 4.57 Å². The third kappa shape index (κ3) is 2.83. The highest BCUT2D eigenvalue weighted by Gasteiger charge is 2.16. The monoisotopic (exact) mass is 213 g/mol. The SMILES string of the molecule is C=C(O[P+](=O)O)c1ccc(OC)cc1. The Hall–Kier alpha value is -1.38. The van der Waals surface area contributed by atoms with E-state index in [2.05, 4.69) is 11.1 Å². The lowest BCUT2D eigenvalue weighted by Gasteiger charge is -2.00. The summed E-state index contributed by atoms with van der Waals surface area (Å²) in [5.74, 6) is 0.867. The molecule has 1 unspecified atom stereocenters. The number of hydrogen-bond acceptors (Lipinski definition) is 3. The molecule has 0 aromatic heterocycles. The van der Waals surface area contributed by atoms with Gasteiger partial charge in [-0.2, -0.15) is 0 Å². The molecule has 0 aliphatic carbocycles. The molecule has 0 aliphatic heterocycles. The molecule has 1 N–H and O–H groups in total. The van der Waals surface area contributed by atoms with Crippen molar-refractivity contribution in [2.45, 2.75) is 0 Å². The van der Waals surface area contributed by atoms with E-state index < -0.39 is 8.25 Å². The highest BCUT2D eigenvalue weighted by atomic mass is 31.1. The van der Waals surface area contributed by atoms with Crippen LogP contribution in [-0.4, -0.2) is 12.0 Å². The van der Waals surface area contributed by atoms with Crippen LogP contribution >= 0.6 is 8.25 Å². The molecule has 5 heteroatoms. The van der Waals surface area contributed by atoms with Crippen molar-refractivity contribution in [2.75, 3.05) is 7.11 Å². The molecule has 1 atom stereocenters. The van der Waals surface area contributed by atoms with Gasteiger partial charge in [0, 0.05) is 10.1 Å². The molecular weight excluding hydrogens is 203 g/mol. The Morgan fingerprint density at radius 1 is 1.43 bits per heavy atom. The van der Waals surface area contributed by atoms with Crippen LogP contribution in [0.5, 0.6) is 5.75 Å². The summed E-state index contributed by atoms with van der Waals surface area (Å²) < 4.78 is 19.8. The van der Waals surface area contributed by atoms with Gasteiger partial charge in [-0.05, 0) is 30.8 Å². The largest absolute Gasteiger partial charge is 0.747 e. The van der Waals surface area contributed by atoms with E-state index >= 15 is 0 Å². The Bertz CT molecular complexity index is 344. The zero-order valence-electron chi connectivity index (χ0n) is 7.64. The average molecular weight is 213 g/mol. The minimum Gasteiger partial charge on any atom is -0.497 e. The third-order valence-corrected chi connectivity index (χ3v) is 1.98. The number of rotatable bonds is 4. The first kappa shape index (κ1) is 10.7. The van der Waals surface area contributed by atoms with Gasteiger partial charge in [-0.1, -0.05) is 0 Å². The minimum absolute atomic E-state index is 0.163. The minimum atomic E-state index is -2.66. The smallest absolute Gasteiger partial charge is 0.497 e. The molecule has 0 saturated heterocycles. The van der Waals surface area contributed by atoms with Crippen LogP contribution in [0.25, 0.3) is 5.76 Å². The Balaban J connectivity index is 2.76. The van der Waals surface area contributed by atoms with Crippen LogP contribution < -0.4 is 4.74 Å². The van der Waals surface area contributed by atoms with E-state index in [1.54, 1.807) is 31.4 Å². The number of ether oxygens (including phenoxy) is 1. The van der Waals surface area contributed by atoms with Crippen LogP contribution in [0.4, 0.5) is 0 Å². The normalized spacial score (nSPS) is 10.6. The number of benzene rings is 1. The lowest BCUT2D eigenvalue weighted by Crippen LogP contribution is -1.85. The van der Waals surface area contributed by atoms with Crippen LogP contribution in [0.3, 0.4) is 0 Å². The predicted octanol–water partition coefficient (Wildman–Crippen LogP) is 2.33. The van der Waals surface area contributed by atoms with Crippen molar-refractivity contribution in [1.29, 1.82) is 0 Å². The molecule has 0 aliphatic rings. The van der Waals surface area contributed by atoms with Crippen molar-refractivity contribution in [3.05, 3.63) is 36.4 Å². The van der Waals surface area contributed by atoms with Crippen LogP contribution in [0.15, 0.2) is 30.8 Å². The second-order valence-corrected chi connectivity index (χ2v) is 3.14. The second kappa shape index (κ2) is 4.74. The predicted molar refractivity (Wildman–Crippen MR) is 52.9 cm³/mol. The fourth-order valence-corrected chi connectivity index (χ4v) is 1.22. The fourth-order valence-electron chi connectivity index (χ4n) is 0.924. The zero-order valence-corrected chi connectivity index (χ0v) is 8.53. The first-order chi connectivity index (χ1) is 6.63. The molecule has 0 heterocycles. The summed E-state index contributed by atoms with van der Waals surface area (Å²) in [6.07, 6.45) is 0. The summed E-state index contributed by atoms with van der Waals surface area (Å²) in [4.78, 5) is 8.49. The van der Waals surface area contributed by atoms with Crippen LogP contribution in [-0.2, 0) is 9.09 Å². The van der Waals surface area contributed by atoms with Crippen molar-refractivity contribution in [1.82, 2.24) is 0 Å². The molecule has 0 amide bonds. The topological polar surface area (TPSA) is 55.8 Å². The molecule has 1 aromatic rings. The standard InChI is InChI=1S/C9H9O4P/c1-7(13-14(10)11)8-3-5-9(12-2)6-4-8/h3-6H,1H2,2H3/p+1. The van der Waals surface area contributed by atoms with Crippen molar-refractivity contribution < 1.29 is 18.7 Å². The lowest BCUT2D eigenvalue weighted by molar-refractivity contribution is 0.393. The van der Waals surface area contributed by atoms with Gasteiger partial charge in [0.1, 0.15) is 5.75 Å². The van der Waals surface area contributed by atoms with E-state index in [1.807, 2.05) is 0 Å². The summed E-state index contributed by atoms with van der Waals surface area (Å²) in [6, 6.07) is 6.82. The van der Waals surface area contributed by atoms with E-state index in [0.29, 0.717) is 11.3 Å². The quantitative estimate of drug-likeness (QED) is 0.616. The molecular formula is C9H10O4P+. The summed E-state index contributed by atoms with van der Waals surface area (Å²) in [5.41, 5.74) is 0.642. The first-order valence-corrected chi connectivity index (χ1v) is 4.94. The highest BCUT2D eigenvalue weighted by molar-refractivity contribution is 7.32. The van der Waals surface area contributed by atoms with E-state index in [-0.39, 0.29) is 5.76 Å². The summed E-state index contributed by atoms with van der Waals surface area (Å²) >= 11 is 0. The van der Waals surface area contributed by atoms with Crippen molar-refractivity contribution in [3.8, 4) is 5.75 Å². The van der Waals surface area contributed by atoms with Crippen LogP contribution in [0, 0.1) is 0 Å². The van der Waals surface area contributed by atoms with Gasteiger partial charge in [0.25, 0.3) is 0 Å². The van der Waals surface area contributed by atoms with E-state index in [4.69, 9.17) is 9.63 Å². The zero-order chi connectivity index (χ0) is 10.6. The van der Waals surface area contributed by atoms with Gasteiger partial charge in [0.05, 0.1) is 7.11 Å². The molecule has 4 nitrogen and oxygen atoms in total. The lowest BCUT2D eigenvalue weighted by atomic mass is 10.2. The van der Waals surface area contributed by atoms with Crippen LogP contribution in [0.1, 0.15) is 5.56 Å². The third-order valence-electron chi connectivity index (χ3n) is 1.60. The average Bonchev–Trinajstić information content (AvgIpc) is 2.17. The molecule has 14 heavy (non-hydrogen) atoms. The summed E-state index contributed by atoms with van der Waals surface area (Å²) in [7, 11) is -1.10. The molecule has 1 aromatic carbocycles. The summed E-state index contributed by atoms with van der Waals surface area (Å²) in [6.45, 7) is 3.51. The van der Waals surface area contributed by atoms with E-state index in [1.165, 1.54) is 0 Å². The maximum atomic E-state index is 10.3. The Kier molecular flexibility index (Phi) is 3.63. The first-order valence-electron chi connectivity index (χ1n) is 3.81. The molecule has 1 rings (SSSR count). The van der Waals surface area contributed by atoms with Gasteiger partial charge >= 0.3 is 8.25 Å². The van der Waals surface area contributed by atoms with Gasteiger partial charge in [-0.3, -0.25) is 0 Å². The number of hydrogen-bond donors (Lipinski definition) is 1. The van der Waals surface area contributed by atoms with Crippen molar-refractivity contribution >= 4 is 14.0 Å². The molecule has 0 radical (unpaired) electrons. The molecule has 0 fully saturated rings. The molecule has 0 spiro atoms. The van der Waals surface area contributed by atoms with Gasteiger partial charge < -0.3 is 4.74 Å². The van der Waals surface area contributed by atoms with Crippen molar-refractivity contribution in [3.63, 3.8) is 0 Å². The maximum absolute atomic E-state index is 10.3. The van der Waals surface area contributed by atoms with Gasteiger partial charge in [0.15, 0.2) is 5.76 Å².